The average Bonchev–Trinajstić information content (AvgIpc) is 2.84. The van der Waals surface area contributed by atoms with E-state index in [0.717, 1.165) is 48.6 Å². The summed E-state index contributed by atoms with van der Waals surface area (Å²) in [6, 6.07) is 7.95. The molecule has 1 aliphatic heterocycles. The number of rotatable bonds is 3. The van der Waals surface area contributed by atoms with E-state index < -0.39 is 0 Å². The highest BCUT2D eigenvalue weighted by molar-refractivity contribution is 5.77. The Hall–Kier alpha value is -2.01. The van der Waals surface area contributed by atoms with Crippen LogP contribution in [-0.2, 0) is 11.8 Å². The fourth-order valence-corrected chi connectivity index (χ4v) is 2.85. The Morgan fingerprint density at radius 3 is 2.71 bits per heavy atom. The summed E-state index contributed by atoms with van der Waals surface area (Å²) in [6.45, 7) is 1.57. The number of aromatic nitrogens is 2. The molecule has 0 bridgehead atoms. The number of hydrogen-bond acceptors (Lipinski definition) is 4. The largest absolute Gasteiger partial charge is 0.497 e. The van der Waals surface area contributed by atoms with Gasteiger partial charge in [-0.25, -0.2) is 0 Å². The van der Waals surface area contributed by atoms with E-state index in [9.17, 15) is 0 Å². The summed E-state index contributed by atoms with van der Waals surface area (Å²) >= 11 is 0. The molecule has 2 heterocycles. The van der Waals surface area contributed by atoms with E-state index in [0.29, 0.717) is 11.7 Å². The van der Waals surface area contributed by atoms with Crippen molar-refractivity contribution in [1.29, 1.82) is 0 Å². The van der Waals surface area contributed by atoms with E-state index >= 15 is 0 Å². The lowest BCUT2D eigenvalue weighted by Crippen LogP contribution is -2.16. The van der Waals surface area contributed by atoms with Crippen molar-refractivity contribution in [3.8, 4) is 16.9 Å². The van der Waals surface area contributed by atoms with Crippen LogP contribution in [0.15, 0.2) is 24.3 Å². The maximum Gasteiger partial charge on any atom is 0.129 e. The van der Waals surface area contributed by atoms with Gasteiger partial charge in [-0.1, -0.05) is 12.1 Å². The summed E-state index contributed by atoms with van der Waals surface area (Å²) in [5.41, 5.74) is 9.38. The smallest absolute Gasteiger partial charge is 0.129 e. The van der Waals surface area contributed by atoms with Gasteiger partial charge in [0, 0.05) is 25.1 Å². The molecule has 1 atom stereocenters. The van der Waals surface area contributed by atoms with Gasteiger partial charge < -0.3 is 15.2 Å². The van der Waals surface area contributed by atoms with Crippen LogP contribution in [0, 0.1) is 0 Å². The third-order valence-electron chi connectivity index (χ3n) is 4.04. The Bertz CT molecular complexity index is 613. The SMILES string of the molecule is COc1ccc(-c2c(C3CCCOC3)nn(C)c2N)cc1. The van der Waals surface area contributed by atoms with Crippen LogP contribution in [0.5, 0.6) is 5.75 Å². The lowest BCUT2D eigenvalue weighted by Gasteiger charge is -2.21. The van der Waals surface area contributed by atoms with Gasteiger partial charge in [0.15, 0.2) is 0 Å². The molecule has 1 fully saturated rings. The molecule has 0 amide bonds. The molecule has 1 aliphatic rings. The van der Waals surface area contributed by atoms with E-state index in [1.54, 1.807) is 11.8 Å². The lowest BCUT2D eigenvalue weighted by molar-refractivity contribution is 0.0793. The molecule has 1 aromatic carbocycles. The summed E-state index contributed by atoms with van der Waals surface area (Å²) in [4.78, 5) is 0. The molecule has 5 nitrogen and oxygen atoms in total. The van der Waals surface area contributed by atoms with Crippen LogP contribution in [-0.4, -0.2) is 30.1 Å². The van der Waals surface area contributed by atoms with Crippen LogP contribution in [0.25, 0.3) is 11.1 Å². The van der Waals surface area contributed by atoms with Crippen LogP contribution < -0.4 is 10.5 Å². The topological polar surface area (TPSA) is 62.3 Å². The van der Waals surface area contributed by atoms with E-state index in [1.807, 2.05) is 31.3 Å². The van der Waals surface area contributed by atoms with Gasteiger partial charge in [-0.15, -0.1) is 0 Å². The third-order valence-corrected chi connectivity index (χ3v) is 4.04. The van der Waals surface area contributed by atoms with E-state index in [2.05, 4.69) is 5.10 Å². The second-order valence-electron chi connectivity index (χ2n) is 5.41. The zero-order chi connectivity index (χ0) is 14.8. The number of aryl methyl sites for hydroxylation is 1. The second kappa shape index (κ2) is 5.77. The zero-order valence-electron chi connectivity index (χ0n) is 12.5. The summed E-state index contributed by atoms with van der Waals surface area (Å²) in [7, 11) is 3.55. The molecule has 0 aliphatic carbocycles. The van der Waals surface area contributed by atoms with Crippen LogP contribution in [0.4, 0.5) is 5.82 Å². The highest BCUT2D eigenvalue weighted by Gasteiger charge is 2.25. The van der Waals surface area contributed by atoms with Crippen LogP contribution in [0.2, 0.25) is 0 Å². The molecule has 1 aromatic heterocycles. The molecular formula is C16H21N3O2. The van der Waals surface area contributed by atoms with Crippen molar-refractivity contribution in [1.82, 2.24) is 9.78 Å². The molecule has 1 saturated heterocycles. The van der Waals surface area contributed by atoms with E-state index in [-0.39, 0.29) is 0 Å². The number of ether oxygens (including phenoxy) is 2. The zero-order valence-corrected chi connectivity index (χ0v) is 12.5. The molecule has 2 N–H and O–H groups in total. The molecule has 0 spiro atoms. The maximum atomic E-state index is 6.24. The third kappa shape index (κ3) is 2.61. The highest BCUT2D eigenvalue weighted by Crippen LogP contribution is 2.37. The standard InChI is InChI=1S/C16H21N3O2/c1-19-16(17)14(11-5-7-13(20-2)8-6-11)15(18-19)12-4-3-9-21-10-12/h5-8,12H,3-4,9-10,17H2,1-2H3. The summed E-state index contributed by atoms with van der Waals surface area (Å²) in [6.07, 6.45) is 2.17. The second-order valence-corrected chi connectivity index (χ2v) is 5.41. The first-order chi connectivity index (χ1) is 10.2. The van der Waals surface area contributed by atoms with Crippen molar-refractivity contribution in [2.45, 2.75) is 18.8 Å². The first-order valence-electron chi connectivity index (χ1n) is 7.25. The molecule has 112 valence electrons. The van der Waals surface area contributed by atoms with Gasteiger partial charge in [-0.3, -0.25) is 4.68 Å². The van der Waals surface area contributed by atoms with Gasteiger partial charge in [0.1, 0.15) is 11.6 Å². The van der Waals surface area contributed by atoms with E-state index in [4.69, 9.17) is 15.2 Å². The van der Waals surface area contributed by atoms with Gasteiger partial charge in [-0.2, -0.15) is 5.10 Å². The van der Waals surface area contributed by atoms with Gasteiger partial charge in [0.25, 0.3) is 0 Å². The van der Waals surface area contributed by atoms with Gasteiger partial charge >= 0.3 is 0 Å². The van der Waals surface area contributed by atoms with Gasteiger partial charge in [-0.05, 0) is 30.5 Å². The molecule has 5 heteroatoms. The van der Waals surface area contributed by atoms with Crippen LogP contribution in [0.3, 0.4) is 0 Å². The average molecular weight is 287 g/mol. The molecule has 3 rings (SSSR count). The predicted octanol–water partition coefficient (Wildman–Crippen LogP) is 2.57. The first-order valence-corrected chi connectivity index (χ1v) is 7.25. The van der Waals surface area contributed by atoms with Crippen molar-refractivity contribution in [2.24, 2.45) is 7.05 Å². The lowest BCUT2D eigenvalue weighted by atomic mass is 9.92. The Kier molecular flexibility index (Phi) is 3.84. The normalized spacial score (nSPS) is 18.7. The maximum absolute atomic E-state index is 6.24. The number of methoxy groups -OCH3 is 1. The number of nitrogen functional groups attached to an aromatic ring is 1. The fourth-order valence-electron chi connectivity index (χ4n) is 2.85. The monoisotopic (exact) mass is 287 g/mol. The first kappa shape index (κ1) is 13.9. The molecular weight excluding hydrogens is 266 g/mol. The molecule has 0 saturated carbocycles. The molecule has 2 aromatic rings. The number of hydrogen-bond donors (Lipinski definition) is 1. The van der Waals surface area contributed by atoms with E-state index in [1.165, 1.54) is 0 Å². The Morgan fingerprint density at radius 1 is 1.33 bits per heavy atom. The predicted molar refractivity (Wildman–Crippen MR) is 82.4 cm³/mol. The Morgan fingerprint density at radius 2 is 2.10 bits per heavy atom. The number of nitrogens with zero attached hydrogens (tertiary/aromatic N) is 2. The minimum absolute atomic E-state index is 0.319. The van der Waals surface area contributed by atoms with Crippen molar-refractivity contribution in [3.05, 3.63) is 30.0 Å². The van der Waals surface area contributed by atoms with Crippen molar-refractivity contribution in [2.75, 3.05) is 26.1 Å². The number of benzene rings is 1. The summed E-state index contributed by atoms with van der Waals surface area (Å²) in [5.74, 6) is 1.85. The van der Waals surface area contributed by atoms with Crippen molar-refractivity contribution in [3.63, 3.8) is 0 Å². The van der Waals surface area contributed by atoms with Crippen LogP contribution >= 0.6 is 0 Å². The number of anilines is 1. The minimum atomic E-state index is 0.319. The summed E-state index contributed by atoms with van der Waals surface area (Å²) < 4.78 is 12.6. The Labute approximate surface area is 124 Å². The van der Waals surface area contributed by atoms with Crippen molar-refractivity contribution < 1.29 is 9.47 Å². The Balaban J connectivity index is 2.03. The summed E-state index contributed by atoms with van der Waals surface area (Å²) in [5, 5.41) is 4.63. The quantitative estimate of drug-likeness (QED) is 0.942. The molecule has 1 unspecified atom stereocenters. The fraction of sp³-hybridized carbons (Fsp3) is 0.438. The van der Waals surface area contributed by atoms with Crippen molar-refractivity contribution >= 4 is 5.82 Å². The van der Waals surface area contributed by atoms with Gasteiger partial charge in [0.05, 0.1) is 19.4 Å². The molecule has 0 radical (unpaired) electrons. The highest BCUT2D eigenvalue weighted by atomic mass is 16.5. The minimum Gasteiger partial charge on any atom is -0.497 e. The number of nitrogens with two attached hydrogens (primary N) is 1. The molecule has 21 heavy (non-hydrogen) atoms. The van der Waals surface area contributed by atoms with Crippen LogP contribution in [0.1, 0.15) is 24.5 Å². The van der Waals surface area contributed by atoms with Gasteiger partial charge in [0.2, 0.25) is 0 Å².